The standard InChI is InChI=1S/C11H11NO2/c13-9-3-1-2-7-6-4-5-8(6)11(14)12-10(7)9/h1-3,6,8,13H,4-5H2,(H,12,14)/t6-,8?/m1/s1. The first-order valence-corrected chi connectivity index (χ1v) is 4.90. The fraction of sp³-hybridized carbons (Fsp3) is 0.364. The summed E-state index contributed by atoms with van der Waals surface area (Å²) in [6, 6.07) is 5.43. The van der Waals surface area contributed by atoms with E-state index in [2.05, 4.69) is 5.32 Å². The lowest BCUT2D eigenvalue weighted by Crippen LogP contribution is -2.39. The van der Waals surface area contributed by atoms with Crippen LogP contribution in [0.3, 0.4) is 0 Å². The summed E-state index contributed by atoms with van der Waals surface area (Å²) in [4.78, 5) is 11.5. The number of benzene rings is 1. The molecule has 2 N–H and O–H groups in total. The van der Waals surface area contributed by atoms with Gasteiger partial charge in [-0.05, 0) is 30.4 Å². The molecule has 2 aliphatic rings. The highest BCUT2D eigenvalue weighted by molar-refractivity contribution is 5.98. The number of phenolic OH excluding ortho intramolecular Hbond substituents is 1. The van der Waals surface area contributed by atoms with Crippen molar-refractivity contribution in [3.63, 3.8) is 0 Å². The van der Waals surface area contributed by atoms with Crippen molar-refractivity contribution < 1.29 is 9.90 Å². The maximum absolute atomic E-state index is 11.5. The van der Waals surface area contributed by atoms with Crippen LogP contribution in [-0.2, 0) is 4.79 Å². The first-order valence-electron chi connectivity index (χ1n) is 4.90. The Labute approximate surface area is 81.8 Å². The second kappa shape index (κ2) is 2.50. The second-order valence-electron chi connectivity index (χ2n) is 4.02. The fourth-order valence-corrected chi connectivity index (χ4v) is 2.40. The Morgan fingerprint density at radius 1 is 1.29 bits per heavy atom. The van der Waals surface area contributed by atoms with Crippen molar-refractivity contribution in [3.05, 3.63) is 23.8 Å². The lowest BCUT2D eigenvalue weighted by Gasteiger charge is -2.40. The number of anilines is 1. The van der Waals surface area contributed by atoms with Gasteiger partial charge in [0.1, 0.15) is 5.75 Å². The molecule has 1 unspecified atom stereocenters. The molecule has 1 aromatic carbocycles. The lowest BCUT2D eigenvalue weighted by atomic mass is 9.67. The van der Waals surface area contributed by atoms with Gasteiger partial charge in [0.25, 0.3) is 0 Å². The topological polar surface area (TPSA) is 49.3 Å². The van der Waals surface area contributed by atoms with Crippen molar-refractivity contribution in [3.8, 4) is 5.75 Å². The Balaban J connectivity index is 2.15. The minimum Gasteiger partial charge on any atom is -0.506 e. The minimum atomic E-state index is 0.0650. The molecule has 1 amide bonds. The molecule has 3 nitrogen and oxygen atoms in total. The number of carbonyl (C=O) groups is 1. The van der Waals surface area contributed by atoms with Crippen LogP contribution in [0.4, 0.5) is 5.69 Å². The summed E-state index contributed by atoms with van der Waals surface area (Å²) in [5.41, 5.74) is 1.72. The van der Waals surface area contributed by atoms with Crippen LogP contribution in [0.15, 0.2) is 18.2 Å². The van der Waals surface area contributed by atoms with Gasteiger partial charge in [-0.25, -0.2) is 0 Å². The van der Waals surface area contributed by atoms with E-state index in [1.54, 1.807) is 6.07 Å². The van der Waals surface area contributed by atoms with Gasteiger partial charge in [-0.15, -0.1) is 0 Å². The highest BCUT2D eigenvalue weighted by Crippen LogP contribution is 2.50. The molecule has 14 heavy (non-hydrogen) atoms. The van der Waals surface area contributed by atoms with E-state index in [1.807, 2.05) is 12.1 Å². The zero-order valence-electron chi connectivity index (χ0n) is 7.66. The number of rotatable bonds is 0. The summed E-state index contributed by atoms with van der Waals surface area (Å²) in [5.74, 6) is 0.728. The molecule has 1 heterocycles. The molecule has 0 bridgehead atoms. The fourth-order valence-electron chi connectivity index (χ4n) is 2.40. The van der Waals surface area contributed by atoms with Crippen LogP contribution < -0.4 is 5.32 Å². The summed E-state index contributed by atoms with van der Waals surface area (Å²) < 4.78 is 0. The molecule has 72 valence electrons. The molecular weight excluding hydrogens is 178 g/mol. The summed E-state index contributed by atoms with van der Waals surface area (Å²) in [5, 5.41) is 12.4. The highest BCUT2D eigenvalue weighted by Gasteiger charge is 2.42. The van der Waals surface area contributed by atoms with Crippen LogP contribution in [0.5, 0.6) is 5.75 Å². The van der Waals surface area contributed by atoms with E-state index in [9.17, 15) is 9.90 Å². The van der Waals surface area contributed by atoms with E-state index < -0.39 is 0 Å². The van der Waals surface area contributed by atoms with E-state index >= 15 is 0 Å². The van der Waals surface area contributed by atoms with Gasteiger partial charge < -0.3 is 10.4 Å². The number of phenols is 1. The molecule has 0 aromatic heterocycles. The maximum atomic E-state index is 11.5. The second-order valence-corrected chi connectivity index (χ2v) is 4.02. The molecule has 1 fully saturated rings. The molecule has 1 aromatic rings. The zero-order chi connectivity index (χ0) is 9.71. The molecule has 1 aliphatic carbocycles. The Morgan fingerprint density at radius 2 is 2.07 bits per heavy atom. The van der Waals surface area contributed by atoms with Gasteiger partial charge in [-0.3, -0.25) is 4.79 Å². The third-order valence-corrected chi connectivity index (χ3v) is 3.33. The number of amides is 1. The molecule has 2 atom stereocenters. The third kappa shape index (κ3) is 0.842. The zero-order valence-corrected chi connectivity index (χ0v) is 7.66. The van der Waals surface area contributed by atoms with Gasteiger partial charge in [0.2, 0.25) is 5.91 Å². The molecule has 3 heteroatoms. The number of fused-ring (bicyclic) bond motifs is 3. The van der Waals surface area contributed by atoms with Gasteiger partial charge in [-0.2, -0.15) is 0 Å². The number of aromatic hydroxyl groups is 1. The predicted molar refractivity (Wildman–Crippen MR) is 52.2 cm³/mol. The van der Waals surface area contributed by atoms with E-state index in [-0.39, 0.29) is 17.6 Å². The van der Waals surface area contributed by atoms with Gasteiger partial charge >= 0.3 is 0 Å². The first-order chi connectivity index (χ1) is 6.77. The molecular formula is C11H11NO2. The number of nitrogens with one attached hydrogen (secondary N) is 1. The summed E-state index contributed by atoms with van der Waals surface area (Å²) in [6.07, 6.45) is 2.04. The Morgan fingerprint density at radius 3 is 2.79 bits per heavy atom. The Kier molecular flexibility index (Phi) is 1.40. The number of para-hydroxylation sites is 1. The molecule has 1 aliphatic heterocycles. The number of hydrogen-bond acceptors (Lipinski definition) is 2. The van der Waals surface area contributed by atoms with E-state index in [1.165, 1.54) is 0 Å². The molecule has 0 spiro atoms. The largest absolute Gasteiger partial charge is 0.506 e. The van der Waals surface area contributed by atoms with Crippen LogP contribution in [0.2, 0.25) is 0 Å². The third-order valence-electron chi connectivity index (χ3n) is 3.33. The van der Waals surface area contributed by atoms with Crippen molar-refractivity contribution in [1.82, 2.24) is 0 Å². The summed E-state index contributed by atoms with van der Waals surface area (Å²) in [6.45, 7) is 0. The van der Waals surface area contributed by atoms with Crippen LogP contribution in [0, 0.1) is 5.92 Å². The summed E-state index contributed by atoms with van der Waals surface area (Å²) >= 11 is 0. The van der Waals surface area contributed by atoms with E-state index in [4.69, 9.17) is 0 Å². The average Bonchev–Trinajstić information content (AvgIpc) is 2.07. The molecule has 0 radical (unpaired) electrons. The van der Waals surface area contributed by atoms with Crippen LogP contribution in [0.1, 0.15) is 24.3 Å². The summed E-state index contributed by atoms with van der Waals surface area (Å²) in [7, 11) is 0. The lowest BCUT2D eigenvalue weighted by molar-refractivity contribution is -0.123. The monoisotopic (exact) mass is 189 g/mol. The molecule has 0 saturated heterocycles. The van der Waals surface area contributed by atoms with Crippen molar-refractivity contribution >= 4 is 11.6 Å². The van der Waals surface area contributed by atoms with Gasteiger partial charge in [0.05, 0.1) is 5.69 Å². The maximum Gasteiger partial charge on any atom is 0.228 e. The quantitative estimate of drug-likeness (QED) is 0.612. The van der Waals surface area contributed by atoms with Crippen molar-refractivity contribution in [2.75, 3.05) is 5.32 Å². The Bertz CT molecular complexity index is 414. The van der Waals surface area contributed by atoms with E-state index in [0.717, 1.165) is 18.4 Å². The number of carbonyl (C=O) groups excluding carboxylic acids is 1. The van der Waals surface area contributed by atoms with Gasteiger partial charge in [-0.1, -0.05) is 12.1 Å². The number of hydrogen-bond donors (Lipinski definition) is 2. The normalized spacial score (nSPS) is 28.4. The van der Waals surface area contributed by atoms with Crippen molar-refractivity contribution in [2.45, 2.75) is 18.8 Å². The Hall–Kier alpha value is -1.51. The SMILES string of the molecule is O=C1Nc2c(O)cccc2[C@H]2CCC12. The molecule has 3 rings (SSSR count). The average molecular weight is 189 g/mol. The van der Waals surface area contributed by atoms with Crippen LogP contribution in [-0.4, -0.2) is 11.0 Å². The van der Waals surface area contributed by atoms with Crippen molar-refractivity contribution in [2.24, 2.45) is 5.92 Å². The highest BCUT2D eigenvalue weighted by atomic mass is 16.3. The van der Waals surface area contributed by atoms with Crippen LogP contribution in [0.25, 0.3) is 0 Å². The van der Waals surface area contributed by atoms with Gasteiger partial charge in [0.15, 0.2) is 0 Å². The van der Waals surface area contributed by atoms with E-state index in [0.29, 0.717) is 11.6 Å². The smallest absolute Gasteiger partial charge is 0.228 e. The first kappa shape index (κ1) is 7.85. The van der Waals surface area contributed by atoms with Gasteiger partial charge in [0, 0.05) is 5.92 Å². The van der Waals surface area contributed by atoms with Crippen LogP contribution >= 0.6 is 0 Å². The predicted octanol–water partition coefficient (Wildman–Crippen LogP) is 1.84. The minimum absolute atomic E-state index is 0.0650. The molecule has 1 saturated carbocycles. The van der Waals surface area contributed by atoms with Crippen molar-refractivity contribution in [1.29, 1.82) is 0 Å².